The SMILES string of the molecule is CCC12CCCCC(C3CCCC4(CC)OC34)C1O2. The van der Waals surface area contributed by atoms with Gasteiger partial charge < -0.3 is 9.47 Å². The van der Waals surface area contributed by atoms with Crippen LogP contribution in [-0.2, 0) is 9.47 Å². The molecule has 0 aromatic rings. The third kappa shape index (κ3) is 1.75. The van der Waals surface area contributed by atoms with Crippen LogP contribution in [0.3, 0.4) is 0 Å². The van der Waals surface area contributed by atoms with Crippen LogP contribution in [0.15, 0.2) is 0 Å². The van der Waals surface area contributed by atoms with Gasteiger partial charge in [-0.25, -0.2) is 0 Å². The maximum Gasteiger partial charge on any atom is 0.0948 e. The Kier molecular flexibility index (Phi) is 2.80. The van der Waals surface area contributed by atoms with Crippen LogP contribution in [0, 0.1) is 11.8 Å². The van der Waals surface area contributed by atoms with E-state index in [9.17, 15) is 0 Å². The molecule has 2 saturated heterocycles. The van der Waals surface area contributed by atoms with Crippen LogP contribution >= 0.6 is 0 Å². The van der Waals surface area contributed by atoms with E-state index in [1.54, 1.807) is 0 Å². The number of ether oxygens (including phenoxy) is 2. The van der Waals surface area contributed by atoms with Gasteiger partial charge in [0.1, 0.15) is 0 Å². The number of hydrogen-bond acceptors (Lipinski definition) is 2. The van der Waals surface area contributed by atoms with Gasteiger partial charge >= 0.3 is 0 Å². The zero-order valence-corrected chi connectivity index (χ0v) is 12.5. The quantitative estimate of drug-likeness (QED) is 0.718. The van der Waals surface area contributed by atoms with Crippen molar-refractivity contribution in [3.63, 3.8) is 0 Å². The van der Waals surface area contributed by atoms with Crippen LogP contribution in [-0.4, -0.2) is 23.4 Å². The van der Waals surface area contributed by atoms with Crippen LogP contribution in [0.5, 0.6) is 0 Å². The molecule has 2 saturated carbocycles. The summed E-state index contributed by atoms with van der Waals surface area (Å²) in [6, 6.07) is 0. The van der Waals surface area contributed by atoms with E-state index < -0.39 is 0 Å². The fourth-order valence-electron chi connectivity index (χ4n) is 5.34. The van der Waals surface area contributed by atoms with Crippen molar-refractivity contribution < 1.29 is 9.47 Å². The van der Waals surface area contributed by atoms with Crippen molar-refractivity contribution in [3.8, 4) is 0 Å². The highest BCUT2D eigenvalue weighted by molar-refractivity contribution is 5.14. The summed E-state index contributed by atoms with van der Waals surface area (Å²) in [6.45, 7) is 4.62. The molecule has 0 spiro atoms. The third-order valence-corrected chi connectivity index (χ3v) is 6.70. The van der Waals surface area contributed by atoms with Gasteiger partial charge in [-0.3, -0.25) is 0 Å². The van der Waals surface area contributed by atoms with Gasteiger partial charge in [-0.1, -0.05) is 33.1 Å². The minimum absolute atomic E-state index is 0.280. The summed E-state index contributed by atoms with van der Waals surface area (Å²) >= 11 is 0. The van der Waals surface area contributed by atoms with Crippen LogP contribution < -0.4 is 0 Å². The highest BCUT2D eigenvalue weighted by Crippen LogP contribution is 2.60. The molecule has 0 radical (unpaired) electrons. The molecule has 2 aliphatic heterocycles. The standard InChI is InChI=1S/C17H28O2/c1-3-16-10-6-5-8-12(14(16)18-16)13-9-7-11-17(4-2)15(13)19-17/h12-15H,3-11H2,1-2H3. The lowest BCUT2D eigenvalue weighted by atomic mass is 9.71. The molecule has 0 aromatic heterocycles. The first-order valence-corrected chi connectivity index (χ1v) is 8.60. The second-order valence-corrected chi connectivity index (χ2v) is 7.38. The van der Waals surface area contributed by atoms with Crippen molar-refractivity contribution in [3.05, 3.63) is 0 Å². The van der Waals surface area contributed by atoms with Crippen LogP contribution in [0.2, 0.25) is 0 Å². The van der Waals surface area contributed by atoms with E-state index in [0.29, 0.717) is 17.8 Å². The van der Waals surface area contributed by atoms with Gasteiger partial charge in [0.25, 0.3) is 0 Å². The van der Waals surface area contributed by atoms with E-state index in [0.717, 1.165) is 11.8 Å². The summed E-state index contributed by atoms with van der Waals surface area (Å²) < 4.78 is 12.4. The molecule has 2 heteroatoms. The molecule has 4 fully saturated rings. The van der Waals surface area contributed by atoms with Crippen LogP contribution in [0.25, 0.3) is 0 Å². The summed E-state index contributed by atoms with van der Waals surface area (Å²) in [6.07, 6.45) is 13.1. The molecule has 4 rings (SSSR count). The molecule has 6 unspecified atom stereocenters. The van der Waals surface area contributed by atoms with E-state index >= 15 is 0 Å². The summed E-state index contributed by atoms with van der Waals surface area (Å²) in [4.78, 5) is 0. The number of epoxide rings is 2. The highest BCUT2D eigenvalue weighted by atomic mass is 16.6. The van der Waals surface area contributed by atoms with Crippen molar-refractivity contribution >= 4 is 0 Å². The molecule has 4 aliphatic rings. The Labute approximate surface area is 117 Å². The molecule has 19 heavy (non-hydrogen) atoms. The zero-order chi connectivity index (χ0) is 13.1. The minimum atomic E-state index is 0.280. The Bertz CT molecular complexity index is 368. The lowest BCUT2D eigenvalue weighted by Gasteiger charge is -2.30. The summed E-state index contributed by atoms with van der Waals surface area (Å²) in [7, 11) is 0. The molecule has 108 valence electrons. The lowest BCUT2D eigenvalue weighted by Crippen LogP contribution is -2.34. The molecule has 0 N–H and O–H groups in total. The molecule has 0 bridgehead atoms. The topological polar surface area (TPSA) is 25.1 Å². The number of hydrogen-bond donors (Lipinski definition) is 0. The predicted octanol–water partition coefficient (Wildman–Crippen LogP) is 4.07. The highest BCUT2D eigenvalue weighted by Gasteiger charge is 2.66. The molecule has 0 amide bonds. The van der Waals surface area contributed by atoms with E-state index in [2.05, 4.69) is 13.8 Å². The van der Waals surface area contributed by atoms with E-state index in [1.165, 1.54) is 57.8 Å². The van der Waals surface area contributed by atoms with Gasteiger partial charge in [0.15, 0.2) is 0 Å². The first-order chi connectivity index (χ1) is 9.25. The van der Waals surface area contributed by atoms with Gasteiger partial charge in [-0.05, 0) is 50.4 Å². The Morgan fingerprint density at radius 3 is 1.89 bits per heavy atom. The number of rotatable bonds is 3. The maximum absolute atomic E-state index is 6.24. The second kappa shape index (κ2) is 4.21. The van der Waals surface area contributed by atoms with Crippen LogP contribution in [0.4, 0.5) is 0 Å². The molecule has 0 aromatic carbocycles. The van der Waals surface area contributed by atoms with Crippen molar-refractivity contribution in [2.45, 2.75) is 95.0 Å². The van der Waals surface area contributed by atoms with Gasteiger partial charge in [0.05, 0.1) is 23.4 Å². The largest absolute Gasteiger partial charge is 0.366 e. The summed E-state index contributed by atoms with van der Waals surface area (Å²) in [5, 5.41) is 0. The van der Waals surface area contributed by atoms with E-state index in [-0.39, 0.29) is 5.60 Å². The van der Waals surface area contributed by atoms with Crippen molar-refractivity contribution in [2.75, 3.05) is 0 Å². The van der Waals surface area contributed by atoms with Crippen LogP contribution in [0.1, 0.15) is 71.6 Å². The Hall–Kier alpha value is -0.0800. The van der Waals surface area contributed by atoms with Gasteiger partial charge in [-0.15, -0.1) is 0 Å². The normalized spacial score (nSPS) is 55.9. The third-order valence-electron chi connectivity index (χ3n) is 6.70. The summed E-state index contributed by atoms with van der Waals surface area (Å²) in [5.41, 5.74) is 0.571. The average molecular weight is 264 g/mol. The van der Waals surface area contributed by atoms with Crippen molar-refractivity contribution in [1.82, 2.24) is 0 Å². The Balaban J connectivity index is 1.53. The summed E-state index contributed by atoms with van der Waals surface area (Å²) in [5.74, 6) is 1.59. The minimum Gasteiger partial charge on any atom is -0.366 e. The van der Waals surface area contributed by atoms with E-state index in [4.69, 9.17) is 9.47 Å². The molecule has 2 nitrogen and oxygen atoms in total. The molecule has 2 heterocycles. The smallest absolute Gasteiger partial charge is 0.0948 e. The van der Waals surface area contributed by atoms with Gasteiger partial charge in [0.2, 0.25) is 0 Å². The fourth-order valence-corrected chi connectivity index (χ4v) is 5.34. The molecular weight excluding hydrogens is 236 g/mol. The van der Waals surface area contributed by atoms with E-state index in [1.807, 2.05) is 0 Å². The molecule has 6 atom stereocenters. The van der Waals surface area contributed by atoms with Crippen molar-refractivity contribution in [2.24, 2.45) is 11.8 Å². The first kappa shape index (κ1) is 12.6. The molecular formula is C17H28O2. The van der Waals surface area contributed by atoms with Gasteiger partial charge in [-0.2, -0.15) is 0 Å². The monoisotopic (exact) mass is 264 g/mol. The molecule has 2 aliphatic carbocycles. The van der Waals surface area contributed by atoms with Gasteiger partial charge in [0, 0.05) is 0 Å². The zero-order valence-electron chi connectivity index (χ0n) is 12.5. The number of fused-ring (bicyclic) bond motifs is 2. The second-order valence-electron chi connectivity index (χ2n) is 7.38. The Morgan fingerprint density at radius 1 is 0.789 bits per heavy atom. The van der Waals surface area contributed by atoms with Crippen molar-refractivity contribution in [1.29, 1.82) is 0 Å². The average Bonchev–Trinajstić information content (AvgIpc) is 3.30. The Morgan fingerprint density at radius 2 is 1.32 bits per heavy atom. The lowest BCUT2D eigenvalue weighted by molar-refractivity contribution is 0.169. The predicted molar refractivity (Wildman–Crippen MR) is 75.1 cm³/mol. The fraction of sp³-hybridized carbons (Fsp3) is 1.00. The maximum atomic E-state index is 6.24. The first-order valence-electron chi connectivity index (χ1n) is 8.60.